The summed E-state index contributed by atoms with van der Waals surface area (Å²) < 4.78 is 0. The fraction of sp³-hybridized carbons (Fsp3) is 0.111. The lowest BCUT2D eigenvalue weighted by Gasteiger charge is -2.10. The second-order valence-corrected chi connectivity index (χ2v) is 2.82. The maximum atomic E-state index is 11.2. The Balaban J connectivity index is 2.67. The molecular formula is C9H7NO3. The first-order valence-electron chi connectivity index (χ1n) is 3.80. The van der Waals surface area contributed by atoms with Crippen LogP contribution in [0.4, 0.5) is 0 Å². The highest BCUT2D eigenvalue weighted by Crippen LogP contribution is 2.29. The van der Waals surface area contributed by atoms with Crippen LogP contribution in [0.2, 0.25) is 0 Å². The molecule has 1 aromatic rings. The predicted octanol–water partition coefficient (Wildman–Crippen LogP) is 0.865. The summed E-state index contributed by atoms with van der Waals surface area (Å²) in [7, 11) is 0. The van der Waals surface area contributed by atoms with Crippen molar-refractivity contribution < 1.29 is 15.0 Å². The molecule has 2 rings (SSSR count). The summed E-state index contributed by atoms with van der Waals surface area (Å²) in [4.78, 5) is 14.7. The zero-order valence-electron chi connectivity index (χ0n) is 6.69. The number of rotatable bonds is 0. The van der Waals surface area contributed by atoms with Crippen LogP contribution in [-0.2, 0) is 6.42 Å². The molecule has 13 heavy (non-hydrogen) atoms. The lowest BCUT2D eigenvalue weighted by Crippen LogP contribution is -2.08. The van der Waals surface area contributed by atoms with Gasteiger partial charge in [0.2, 0.25) is 0 Å². The zero-order chi connectivity index (χ0) is 9.42. The van der Waals surface area contributed by atoms with Gasteiger partial charge in [0.05, 0.1) is 5.56 Å². The van der Waals surface area contributed by atoms with E-state index in [4.69, 9.17) is 5.11 Å². The van der Waals surface area contributed by atoms with Crippen molar-refractivity contribution in [3.8, 4) is 11.5 Å². The third kappa shape index (κ3) is 1.16. The molecule has 1 aliphatic heterocycles. The number of nitrogens with zero attached hydrogens (tertiary/aromatic N) is 1. The molecule has 2 N–H and O–H groups in total. The van der Waals surface area contributed by atoms with E-state index in [1.54, 1.807) is 0 Å². The van der Waals surface area contributed by atoms with Gasteiger partial charge in [0.1, 0.15) is 11.5 Å². The minimum absolute atomic E-state index is 0.0423. The van der Waals surface area contributed by atoms with Crippen molar-refractivity contribution >= 4 is 12.1 Å². The summed E-state index contributed by atoms with van der Waals surface area (Å²) in [6.45, 7) is 0. The highest BCUT2D eigenvalue weighted by atomic mass is 16.3. The number of aliphatic imine (C=N–C) groups is 1. The van der Waals surface area contributed by atoms with E-state index in [0.717, 1.165) is 6.07 Å². The summed E-state index contributed by atoms with van der Waals surface area (Å²) in [6.07, 6.45) is 1.92. The topological polar surface area (TPSA) is 69.9 Å². The molecule has 1 aliphatic rings. The quantitative estimate of drug-likeness (QED) is 0.617. The molecule has 0 fully saturated rings. The lowest BCUT2D eigenvalue weighted by molar-refractivity contribution is 0.0998. The van der Waals surface area contributed by atoms with Crippen LogP contribution in [0.1, 0.15) is 15.9 Å². The number of aromatic hydroxyl groups is 2. The van der Waals surface area contributed by atoms with Gasteiger partial charge in [-0.1, -0.05) is 0 Å². The molecule has 0 aromatic heterocycles. The van der Waals surface area contributed by atoms with Crippen LogP contribution < -0.4 is 0 Å². The molecule has 0 bridgehead atoms. The summed E-state index contributed by atoms with van der Waals surface area (Å²) >= 11 is 0. The molecule has 0 atom stereocenters. The first-order valence-corrected chi connectivity index (χ1v) is 3.80. The van der Waals surface area contributed by atoms with E-state index in [2.05, 4.69) is 4.99 Å². The van der Waals surface area contributed by atoms with Gasteiger partial charge in [-0.15, -0.1) is 0 Å². The van der Waals surface area contributed by atoms with Gasteiger partial charge in [-0.3, -0.25) is 4.79 Å². The van der Waals surface area contributed by atoms with Crippen molar-refractivity contribution in [2.45, 2.75) is 6.42 Å². The maximum absolute atomic E-state index is 11.2. The Morgan fingerprint density at radius 3 is 2.85 bits per heavy atom. The van der Waals surface area contributed by atoms with Gasteiger partial charge >= 0.3 is 0 Å². The Morgan fingerprint density at radius 1 is 1.31 bits per heavy atom. The van der Waals surface area contributed by atoms with Gasteiger partial charge < -0.3 is 10.2 Å². The fourth-order valence-electron chi connectivity index (χ4n) is 1.37. The van der Waals surface area contributed by atoms with Gasteiger partial charge in [-0.25, -0.2) is 4.99 Å². The van der Waals surface area contributed by atoms with Gasteiger partial charge in [0, 0.05) is 18.7 Å². The molecule has 0 aliphatic carbocycles. The van der Waals surface area contributed by atoms with E-state index in [0.29, 0.717) is 12.0 Å². The third-order valence-corrected chi connectivity index (χ3v) is 1.92. The number of phenols is 2. The molecule has 1 amide bonds. The monoisotopic (exact) mass is 177 g/mol. The van der Waals surface area contributed by atoms with Crippen molar-refractivity contribution in [2.75, 3.05) is 0 Å². The van der Waals surface area contributed by atoms with E-state index < -0.39 is 5.91 Å². The Morgan fingerprint density at radius 2 is 2.08 bits per heavy atom. The summed E-state index contributed by atoms with van der Waals surface area (Å²) in [6, 6.07) is 2.59. The molecule has 4 heteroatoms. The van der Waals surface area contributed by atoms with Crippen LogP contribution in [0.3, 0.4) is 0 Å². The molecule has 0 radical (unpaired) electrons. The van der Waals surface area contributed by atoms with Gasteiger partial charge in [-0.05, 0) is 11.6 Å². The predicted molar refractivity (Wildman–Crippen MR) is 46.3 cm³/mol. The van der Waals surface area contributed by atoms with Crippen LogP contribution >= 0.6 is 0 Å². The molecule has 0 saturated heterocycles. The van der Waals surface area contributed by atoms with Gasteiger partial charge in [-0.2, -0.15) is 0 Å². The number of hydrogen-bond acceptors (Lipinski definition) is 3. The second-order valence-electron chi connectivity index (χ2n) is 2.82. The Kier molecular flexibility index (Phi) is 1.55. The fourth-order valence-corrected chi connectivity index (χ4v) is 1.37. The maximum Gasteiger partial charge on any atom is 0.280 e. The van der Waals surface area contributed by atoms with Crippen LogP contribution in [-0.4, -0.2) is 22.3 Å². The van der Waals surface area contributed by atoms with Crippen LogP contribution in [0.15, 0.2) is 17.1 Å². The number of carbonyl (C=O) groups is 1. The van der Waals surface area contributed by atoms with E-state index in [9.17, 15) is 9.90 Å². The average Bonchev–Trinajstić information content (AvgIpc) is 2.02. The first-order chi connectivity index (χ1) is 6.18. The zero-order valence-corrected chi connectivity index (χ0v) is 6.69. The van der Waals surface area contributed by atoms with E-state index in [1.165, 1.54) is 12.3 Å². The highest BCUT2D eigenvalue weighted by molar-refractivity contribution is 6.05. The van der Waals surface area contributed by atoms with Gasteiger partial charge in [0.15, 0.2) is 0 Å². The van der Waals surface area contributed by atoms with Crippen molar-refractivity contribution in [1.29, 1.82) is 0 Å². The lowest BCUT2D eigenvalue weighted by atomic mass is 10.0. The average molecular weight is 177 g/mol. The Bertz CT molecular complexity index is 410. The van der Waals surface area contributed by atoms with E-state index >= 15 is 0 Å². The molecule has 1 heterocycles. The Hall–Kier alpha value is -1.84. The number of fused-ring (bicyclic) bond motifs is 1. The number of benzene rings is 1. The molecule has 0 spiro atoms. The second kappa shape index (κ2) is 2.58. The number of phenolic OH excluding ortho intramolecular Hbond substituents is 2. The minimum Gasteiger partial charge on any atom is -0.508 e. The highest BCUT2D eigenvalue weighted by Gasteiger charge is 2.19. The van der Waals surface area contributed by atoms with Crippen LogP contribution in [0.5, 0.6) is 11.5 Å². The Labute approximate surface area is 74.2 Å². The van der Waals surface area contributed by atoms with Crippen LogP contribution in [0, 0.1) is 0 Å². The molecule has 66 valence electrons. The third-order valence-electron chi connectivity index (χ3n) is 1.92. The van der Waals surface area contributed by atoms with Crippen molar-refractivity contribution in [1.82, 2.24) is 0 Å². The summed E-state index contributed by atoms with van der Waals surface area (Å²) in [5, 5.41) is 18.5. The number of hydrogen-bond donors (Lipinski definition) is 2. The van der Waals surface area contributed by atoms with E-state index in [1.807, 2.05) is 0 Å². The number of carbonyl (C=O) groups excluding carboxylic acids is 1. The van der Waals surface area contributed by atoms with Crippen LogP contribution in [0.25, 0.3) is 0 Å². The smallest absolute Gasteiger partial charge is 0.280 e. The SMILES string of the molecule is O=C1N=CCc2cc(O)cc(O)c21. The van der Waals surface area contributed by atoms with Crippen molar-refractivity contribution in [3.63, 3.8) is 0 Å². The van der Waals surface area contributed by atoms with Crippen molar-refractivity contribution in [2.24, 2.45) is 4.99 Å². The summed E-state index contributed by atoms with van der Waals surface area (Å²) in [5.41, 5.74) is 0.804. The molecule has 4 nitrogen and oxygen atoms in total. The molecule has 0 unspecified atom stereocenters. The molecular weight excluding hydrogens is 170 g/mol. The van der Waals surface area contributed by atoms with E-state index in [-0.39, 0.29) is 17.1 Å². The van der Waals surface area contributed by atoms with Gasteiger partial charge in [0.25, 0.3) is 5.91 Å². The standard InChI is InChI=1S/C9H7NO3/c11-6-3-5-1-2-10-9(13)8(5)7(12)4-6/h2-4,11-12H,1H2. The van der Waals surface area contributed by atoms with Crippen molar-refractivity contribution in [3.05, 3.63) is 23.3 Å². The molecule has 1 aromatic carbocycles. The minimum atomic E-state index is -0.459. The summed E-state index contributed by atoms with van der Waals surface area (Å²) in [5.74, 6) is -0.713. The normalized spacial score (nSPS) is 14.3. The number of amides is 1. The largest absolute Gasteiger partial charge is 0.508 e. The molecule has 0 saturated carbocycles. The first kappa shape index (κ1) is 7.79.